The normalized spacial score (nSPS) is 10.9. The summed E-state index contributed by atoms with van der Waals surface area (Å²) in [5.74, 6) is -1.05. The number of benzene rings is 3. The Bertz CT molecular complexity index is 1100. The van der Waals surface area contributed by atoms with Crippen LogP contribution in [0.15, 0.2) is 77.7 Å². The molecule has 0 saturated carbocycles. The van der Waals surface area contributed by atoms with E-state index in [0.717, 1.165) is 6.07 Å². The van der Waals surface area contributed by atoms with Gasteiger partial charge in [-0.15, -0.1) is 0 Å². The standard InChI is InChI=1S/C20H17FN2O4S/c1-27-19-11-10-15(13-18(19)21)22-20(24)14-6-5-7-16(12-14)23-28(25,26)17-8-3-2-4-9-17/h2-13,23H,1H3,(H,22,24). The highest BCUT2D eigenvalue weighted by Gasteiger charge is 2.15. The summed E-state index contributed by atoms with van der Waals surface area (Å²) in [7, 11) is -2.43. The van der Waals surface area contributed by atoms with Crippen LogP contribution in [-0.4, -0.2) is 21.4 Å². The Hall–Kier alpha value is -3.39. The van der Waals surface area contributed by atoms with Crippen LogP contribution in [0, 0.1) is 5.82 Å². The molecule has 28 heavy (non-hydrogen) atoms. The lowest BCUT2D eigenvalue weighted by molar-refractivity contribution is 0.102. The van der Waals surface area contributed by atoms with Crippen molar-refractivity contribution in [1.29, 1.82) is 0 Å². The number of methoxy groups -OCH3 is 1. The zero-order valence-corrected chi connectivity index (χ0v) is 15.7. The molecule has 0 aliphatic heterocycles. The molecule has 0 saturated heterocycles. The van der Waals surface area contributed by atoms with Crippen LogP contribution >= 0.6 is 0 Å². The van der Waals surface area contributed by atoms with Crippen molar-refractivity contribution in [2.45, 2.75) is 4.90 Å². The van der Waals surface area contributed by atoms with E-state index in [1.165, 1.54) is 49.6 Å². The first-order chi connectivity index (χ1) is 13.4. The lowest BCUT2D eigenvalue weighted by atomic mass is 10.2. The molecule has 0 aliphatic rings. The third-order valence-corrected chi connectivity index (χ3v) is 5.24. The molecule has 0 heterocycles. The Kier molecular flexibility index (Phi) is 5.60. The molecule has 0 spiro atoms. The zero-order valence-electron chi connectivity index (χ0n) is 14.8. The van der Waals surface area contributed by atoms with Gasteiger partial charge >= 0.3 is 0 Å². The molecule has 0 aromatic heterocycles. The van der Waals surface area contributed by atoms with Crippen LogP contribution in [0.2, 0.25) is 0 Å². The highest BCUT2D eigenvalue weighted by Crippen LogP contribution is 2.22. The maximum Gasteiger partial charge on any atom is 0.261 e. The predicted molar refractivity (Wildman–Crippen MR) is 105 cm³/mol. The number of rotatable bonds is 6. The Balaban J connectivity index is 1.77. The average Bonchev–Trinajstić information content (AvgIpc) is 2.69. The largest absolute Gasteiger partial charge is 0.494 e. The third kappa shape index (κ3) is 4.47. The van der Waals surface area contributed by atoms with E-state index in [1.807, 2.05) is 0 Å². The van der Waals surface area contributed by atoms with Crippen molar-refractivity contribution in [3.05, 3.63) is 84.2 Å². The van der Waals surface area contributed by atoms with Crippen LogP contribution in [0.1, 0.15) is 10.4 Å². The zero-order chi connectivity index (χ0) is 20.1. The van der Waals surface area contributed by atoms with Gasteiger partial charge < -0.3 is 10.1 Å². The molecule has 3 rings (SSSR count). The van der Waals surface area contributed by atoms with Crippen LogP contribution in [0.3, 0.4) is 0 Å². The number of nitrogens with one attached hydrogen (secondary N) is 2. The minimum absolute atomic E-state index is 0.0651. The third-order valence-electron chi connectivity index (χ3n) is 3.84. The highest BCUT2D eigenvalue weighted by molar-refractivity contribution is 7.92. The van der Waals surface area contributed by atoms with Crippen molar-refractivity contribution in [3.63, 3.8) is 0 Å². The molecule has 0 radical (unpaired) electrons. The number of sulfonamides is 1. The van der Waals surface area contributed by atoms with Crippen molar-refractivity contribution in [2.24, 2.45) is 0 Å². The fourth-order valence-electron chi connectivity index (χ4n) is 2.49. The van der Waals surface area contributed by atoms with Crippen LogP contribution in [0.4, 0.5) is 15.8 Å². The van der Waals surface area contributed by atoms with Crippen molar-refractivity contribution >= 4 is 27.3 Å². The van der Waals surface area contributed by atoms with Crippen LogP contribution in [0.5, 0.6) is 5.75 Å². The Morgan fingerprint density at radius 3 is 2.36 bits per heavy atom. The fourth-order valence-corrected chi connectivity index (χ4v) is 3.56. The Morgan fingerprint density at radius 1 is 0.929 bits per heavy atom. The number of carbonyl (C=O) groups is 1. The minimum Gasteiger partial charge on any atom is -0.494 e. The first-order valence-corrected chi connectivity index (χ1v) is 9.70. The predicted octanol–water partition coefficient (Wildman–Crippen LogP) is 3.89. The number of hydrogen-bond donors (Lipinski definition) is 2. The Labute approximate surface area is 162 Å². The number of halogens is 1. The molecule has 2 N–H and O–H groups in total. The second kappa shape index (κ2) is 8.10. The van der Waals surface area contributed by atoms with Gasteiger partial charge in [0, 0.05) is 23.0 Å². The quantitative estimate of drug-likeness (QED) is 0.658. The second-order valence-corrected chi connectivity index (χ2v) is 7.49. The van der Waals surface area contributed by atoms with Crippen molar-refractivity contribution < 1.29 is 22.3 Å². The molecule has 1 amide bonds. The van der Waals surface area contributed by atoms with Crippen LogP contribution in [-0.2, 0) is 10.0 Å². The minimum atomic E-state index is -3.77. The van der Waals surface area contributed by atoms with Gasteiger partial charge in [-0.3, -0.25) is 9.52 Å². The summed E-state index contributed by atoms with van der Waals surface area (Å²) in [4.78, 5) is 12.5. The van der Waals surface area contributed by atoms with Gasteiger partial charge in [0.15, 0.2) is 11.6 Å². The maximum absolute atomic E-state index is 13.8. The Morgan fingerprint density at radius 2 is 1.68 bits per heavy atom. The number of anilines is 2. The molecule has 0 unspecified atom stereocenters. The number of amides is 1. The van der Waals surface area contributed by atoms with E-state index in [2.05, 4.69) is 10.0 Å². The number of carbonyl (C=O) groups excluding carboxylic acids is 1. The molecule has 8 heteroatoms. The molecule has 0 aliphatic carbocycles. The molecule has 0 fully saturated rings. The summed E-state index contributed by atoms with van der Waals surface area (Å²) >= 11 is 0. The monoisotopic (exact) mass is 400 g/mol. The summed E-state index contributed by atoms with van der Waals surface area (Å²) in [5.41, 5.74) is 0.695. The van der Waals surface area contributed by atoms with Gasteiger partial charge in [-0.2, -0.15) is 0 Å². The summed E-state index contributed by atoms with van der Waals surface area (Å²) in [6.07, 6.45) is 0. The fraction of sp³-hybridized carbons (Fsp3) is 0.0500. The highest BCUT2D eigenvalue weighted by atomic mass is 32.2. The smallest absolute Gasteiger partial charge is 0.261 e. The first-order valence-electron chi connectivity index (χ1n) is 8.22. The van der Waals surface area contributed by atoms with E-state index >= 15 is 0 Å². The van der Waals surface area contributed by atoms with Crippen molar-refractivity contribution in [1.82, 2.24) is 0 Å². The van der Waals surface area contributed by atoms with Gasteiger partial charge in [-0.1, -0.05) is 24.3 Å². The molecule has 144 valence electrons. The van der Waals surface area contributed by atoms with E-state index in [0.29, 0.717) is 0 Å². The SMILES string of the molecule is COc1ccc(NC(=O)c2cccc(NS(=O)(=O)c3ccccc3)c2)cc1F. The lowest BCUT2D eigenvalue weighted by Crippen LogP contribution is -2.15. The number of hydrogen-bond acceptors (Lipinski definition) is 4. The average molecular weight is 400 g/mol. The first kappa shape index (κ1) is 19.4. The molecule has 3 aromatic rings. The van der Waals surface area contributed by atoms with Gasteiger partial charge in [-0.25, -0.2) is 12.8 Å². The van der Waals surface area contributed by atoms with Crippen LogP contribution in [0.25, 0.3) is 0 Å². The second-order valence-electron chi connectivity index (χ2n) is 5.80. The van der Waals surface area contributed by atoms with Crippen LogP contribution < -0.4 is 14.8 Å². The van der Waals surface area contributed by atoms with Gasteiger partial charge in [0.05, 0.1) is 12.0 Å². The summed E-state index contributed by atoms with van der Waals surface area (Å²) in [6, 6.07) is 17.9. The molecule has 0 bridgehead atoms. The van der Waals surface area contributed by atoms with Crippen molar-refractivity contribution in [2.75, 3.05) is 17.1 Å². The van der Waals surface area contributed by atoms with E-state index in [9.17, 15) is 17.6 Å². The van der Waals surface area contributed by atoms with Gasteiger partial charge in [0.1, 0.15) is 0 Å². The van der Waals surface area contributed by atoms with E-state index in [-0.39, 0.29) is 27.6 Å². The summed E-state index contributed by atoms with van der Waals surface area (Å²) < 4.78 is 45.8. The summed E-state index contributed by atoms with van der Waals surface area (Å²) in [5, 5.41) is 2.56. The molecular weight excluding hydrogens is 383 g/mol. The van der Waals surface area contributed by atoms with Gasteiger partial charge in [-0.05, 0) is 42.5 Å². The maximum atomic E-state index is 13.8. The molecule has 6 nitrogen and oxygen atoms in total. The molecular formula is C20H17FN2O4S. The van der Waals surface area contributed by atoms with Gasteiger partial charge in [0.25, 0.3) is 15.9 Å². The summed E-state index contributed by atoms with van der Waals surface area (Å²) in [6.45, 7) is 0. The van der Waals surface area contributed by atoms with Crippen molar-refractivity contribution in [3.8, 4) is 5.75 Å². The number of ether oxygens (including phenoxy) is 1. The lowest BCUT2D eigenvalue weighted by Gasteiger charge is -2.10. The topological polar surface area (TPSA) is 84.5 Å². The van der Waals surface area contributed by atoms with E-state index < -0.39 is 21.7 Å². The molecule has 0 atom stereocenters. The molecule has 3 aromatic carbocycles. The van der Waals surface area contributed by atoms with E-state index in [4.69, 9.17) is 4.74 Å². The van der Waals surface area contributed by atoms with E-state index in [1.54, 1.807) is 24.3 Å². The van der Waals surface area contributed by atoms with Gasteiger partial charge in [0.2, 0.25) is 0 Å².